The summed E-state index contributed by atoms with van der Waals surface area (Å²) in [5.74, 6) is 0.0415. The summed E-state index contributed by atoms with van der Waals surface area (Å²) in [6.07, 6.45) is 31.2. The van der Waals surface area contributed by atoms with Gasteiger partial charge in [0.2, 0.25) is 0 Å². The molecule has 382 valence electrons. The molecule has 0 aromatic heterocycles. The molecule has 9 nitrogen and oxygen atoms in total. The lowest BCUT2D eigenvalue weighted by molar-refractivity contribution is -0.385. The van der Waals surface area contributed by atoms with Crippen molar-refractivity contribution in [3.8, 4) is 11.5 Å². The van der Waals surface area contributed by atoms with E-state index in [0.29, 0.717) is 40.7 Å². The topological polar surface area (TPSA) is 114 Å². The molecule has 0 saturated heterocycles. The SMILES string of the molecule is C=CCCCCCCCCCOc1ccc(/C=C/c2ccc(C(=O)OCc3cccc(COC(=O)c4ccc(/C=C/c5ccc(OCCCCCCCCCCCC)c([N+](=O)[O-])c5)cc4)c3C)cc2)cc1Cl. The van der Waals surface area contributed by atoms with E-state index in [9.17, 15) is 19.7 Å². The monoisotopic (exact) mass is 996 g/mol. The molecule has 5 rings (SSSR count). The highest BCUT2D eigenvalue weighted by Crippen LogP contribution is 2.30. The van der Waals surface area contributed by atoms with Gasteiger partial charge in [0, 0.05) is 6.07 Å². The van der Waals surface area contributed by atoms with Gasteiger partial charge in [0.25, 0.3) is 0 Å². The number of unbranched alkanes of at least 4 members (excludes halogenated alkanes) is 16. The Balaban J connectivity index is 1.01. The van der Waals surface area contributed by atoms with Crippen molar-refractivity contribution in [3.05, 3.63) is 181 Å². The van der Waals surface area contributed by atoms with Gasteiger partial charge >= 0.3 is 17.6 Å². The highest BCUT2D eigenvalue weighted by molar-refractivity contribution is 6.32. The summed E-state index contributed by atoms with van der Waals surface area (Å²) >= 11 is 6.54. The van der Waals surface area contributed by atoms with Gasteiger partial charge in [0.1, 0.15) is 19.0 Å². The molecule has 0 bridgehead atoms. The summed E-state index contributed by atoms with van der Waals surface area (Å²) in [6, 6.07) is 30.5. The van der Waals surface area contributed by atoms with Gasteiger partial charge in [0.15, 0.2) is 5.75 Å². The number of carbonyl (C=O) groups excluding carboxylic acids is 2. The molecule has 0 aliphatic carbocycles. The zero-order valence-corrected chi connectivity index (χ0v) is 43.3. The number of hydrogen-bond acceptors (Lipinski definition) is 8. The molecule has 0 fully saturated rings. The number of halogens is 1. The molecule has 0 atom stereocenters. The van der Waals surface area contributed by atoms with Crippen LogP contribution >= 0.6 is 11.6 Å². The fourth-order valence-electron chi connectivity index (χ4n) is 8.22. The Hall–Kier alpha value is -6.45. The maximum atomic E-state index is 13.1. The fourth-order valence-corrected chi connectivity index (χ4v) is 8.46. The summed E-state index contributed by atoms with van der Waals surface area (Å²) < 4.78 is 23.1. The number of nitro groups is 1. The first kappa shape index (κ1) is 56.5. The first-order chi connectivity index (χ1) is 35.1. The van der Waals surface area contributed by atoms with Crippen LogP contribution in [0.25, 0.3) is 24.3 Å². The molecule has 0 heterocycles. The van der Waals surface area contributed by atoms with Gasteiger partial charge in [-0.1, -0.05) is 193 Å². The first-order valence-electron chi connectivity index (χ1n) is 26.1. The smallest absolute Gasteiger partial charge is 0.338 e. The van der Waals surface area contributed by atoms with E-state index in [1.165, 1.54) is 83.1 Å². The highest BCUT2D eigenvalue weighted by atomic mass is 35.5. The fraction of sp³-hybridized carbons (Fsp3) is 0.387. The second-order valence-electron chi connectivity index (χ2n) is 18.4. The number of carbonyl (C=O) groups is 2. The van der Waals surface area contributed by atoms with Crippen LogP contribution < -0.4 is 9.47 Å². The van der Waals surface area contributed by atoms with Crippen LogP contribution in [0, 0.1) is 17.0 Å². The Morgan fingerprint density at radius 2 is 0.972 bits per heavy atom. The highest BCUT2D eigenvalue weighted by Gasteiger charge is 2.16. The lowest BCUT2D eigenvalue weighted by Gasteiger charge is -2.13. The Labute approximate surface area is 433 Å². The molecule has 0 aliphatic rings. The summed E-state index contributed by atoms with van der Waals surface area (Å²) in [7, 11) is 0. The predicted octanol–water partition coefficient (Wildman–Crippen LogP) is 17.6. The van der Waals surface area contributed by atoms with Crippen molar-refractivity contribution < 1.29 is 33.5 Å². The molecular formula is C62H74ClNO8. The van der Waals surface area contributed by atoms with Crippen LogP contribution in [-0.2, 0) is 22.7 Å². The van der Waals surface area contributed by atoms with Gasteiger partial charge in [-0.25, -0.2) is 9.59 Å². The number of nitro benzene ring substituents is 1. The van der Waals surface area contributed by atoms with E-state index in [4.69, 9.17) is 30.5 Å². The lowest BCUT2D eigenvalue weighted by atomic mass is 10.0. The number of ether oxygens (including phenoxy) is 4. The van der Waals surface area contributed by atoms with Gasteiger partial charge < -0.3 is 18.9 Å². The minimum absolute atomic E-state index is 0.0442. The van der Waals surface area contributed by atoms with Crippen LogP contribution in [0.2, 0.25) is 5.02 Å². The number of nitrogens with zero attached hydrogens (tertiary/aromatic N) is 1. The van der Waals surface area contributed by atoms with Crippen molar-refractivity contribution in [1.29, 1.82) is 0 Å². The van der Waals surface area contributed by atoms with Crippen LogP contribution in [0.1, 0.15) is 182 Å². The van der Waals surface area contributed by atoms with Gasteiger partial charge in [-0.3, -0.25) is 10.1 Å². The maximum Gasteiger partial charge on any atom is 0.338 e. The van der Waals surface area contributed by atoms with Crippen LogP contribution in [0.4, 0.5) is 5.69 Å². The zero-order valence-electron chi connectivity index (χ0n) is 42.6. The van der Waals surface area contributed by atoms with E-state index in [1.54, 1.807) is 54.6 Å². The molecule has 5 aromatic rings. The second-order valence-corrected chi connectivity index (χ2v) is 18.8. The van der Waals surface area contributed by atoms with Crippen LogP contribution in [-0.4, -0.2) is 30.1 Å². The minimum atomic E-state index is -0.478. The number of esters is 2. The van der Waals surface area contributed by atoms with Gasteiger partial charge in [-0.05, 0) is 114 Å². The predicted molar refractivity (Wildman–Crippen MR) is 295 cm³/mol. The molecule has 0 aliphatic heterocycles. The third-order valence-corrected chi connectivity index (χ3v) is 13.0. The quantitative estimate of drug-likeness (QED) is 0.01000. The first-order valence-corrected chi connectivity index (χ1v) is 26.5. The summed E-state index contributed by atoms with van der Waals surface area (Å²) in [5.41, 5.74) is 6.56. The average molecular weight is 997 g/mol. The van der Waals surface area contributed by atoms with Gasteiger partial charge in [-0.15, -0.1) is 6.58 Å². The van der Waals surface area contributed by atoms with E-state index in [0.717, 1.165) is 71.9 Å². The third kappa shape index (κ3) is 20.3. The molecule has 0 unspecified atom stereocenters. The number of hydrogen-bond donors (Lipinski definition) is 0. The van der Waals surface area contributed by atoms with E-state index >= 15 is 0 Å². The van der Waals surface area contributed by atoms with Crippen molar-refractivity contribution in [2.45, 2.75) is 143 Å². The second kappa shape index (κ2) is 32.5. The van der Waals surface area contributed by atoms with Gasteiger partial charge in [-0.2, -0.15) is 0 Å². The molecule has 5 aromatic carbocycles. The summed E-state index contributed by atoms with van der Waals surface area (Å²) in [5, 5.41) is 12.5. The minimum Gasteiger partial charge on any atom is -0.492 e. The number of allylic oxidation sites excluding steroid dienone is 1. The van der Waals surface area contributed by atoms with Crippen molar-refractivity contribution in [3.63, 3.8) is 0 Å². The lowest BCUT2D eigenvalue weighted by Crippen LogP contribution is -2.09. The molecule has 10 heteroatoms. The van der Waals surface area contributed by atoms with Crippen molar-refractivity contribution >= 4 is 53.5 Å². The third-order valence-electron chi connectivity index (χ3n) is 12.7. The van der Waals surface area contributed by atoms with Crippen LogP contribution in [0.3, 0.4) is 0 Å². The van der Waals surface area contributed by atoms with E-state index in [1.807, 2.05) is 79.8 Å². The Morgan fingerprint density at radius 1 is 0.556 bits per heavy atom. The van der Waals surface area contributed by atoms with Gasteiger partial charge in [0.05, 0.1) is 34.3 Å². The van der Waals surface area contributed by atoms with Crippen LogP contribution in [0.5, 0.6) is 11.5 Å². The molecule has 0 spiro atoms. The number of rotatable bonds is 34. The standard InChI is InChI=1S/C62H74ClNO8/c1-4-6-8-10-12-14-16-18-20-22-43-70-60-41-35-52(45-58(60)64(67)68)29-27-50-32-38-54(39-33-50)62(66)72-47-56-25-23-24-55(48(56)3)46-71-61(65)53-36-30-49(31-37-53)26-28-51-34-40-59(57(63)44-51)69-42-21-19-17-15-13-11-9-7-5-2/h5,23-41,44-45H,2,4,6-22,42-43,46-47H2,1,3H3/b28-26+,29-27+. The normalized spacial score (nSPS) is 11.3. The van der Waals surface area contributed by atoms with Crippen molar-refractivity contribution in [2.75, 3.05) is 13.2 Å². The molecular weight excluding hydrogens is 922 g/mol. The molecule has 0 N–H and O–H groups in total. The molecule has 0 radical (unpaired) electrons. The summed E-state index contributed by atoms with van der Waals surface area (Å²) in [4.78, 5) is 37.6. The maximum absolute atomic E-state index is 13.1. The van der Waals surface area contributed by atoms with E-state index in [2.05, 4.69) is 13.5 Å². The zero-order chi connectivity index (χ0) is 51.2. The molecule has 0 amide bonds. The van der Waals surface area contributed by atoms with Crippen molar-refractivity contribution in [1.82, 2.24) is 0 Å². The Kier molecular flexibility index (Phi) is 25.5. The Morgan fingerprint density at radius 3 is 1.44 bits per heavy atom. The van der Waals surface area contributed by atoms with Crippen molar-refractivity contribution in [2.24, 2.45) is 0 Å². The number of benzene rings is 5. The largest absolute Gasteiger partial charge is 0.492 e. The average Bonchev–Trinajstić information content (AvgIpc) is 3.39. The molecule has 0 saturated carbocycles. The van der Waals surface area contributed by atoms with Crippen LogP contribution in [0.15, 0.2) is 116 Å². The molecule has 72 heavy (non-hydrogen) atoms. The van der Waals surface area contributed by atoms with E-state index in [-0.39, 0.29) is 24.7 Å². The van der Waals surface area contributed by atoms with E-state index < -0.39 is 16.9 Å². The Bertz CT molecular complexity index is 2510. The summed E-state index contributed by atoms with van der Waals surface area (Å²) in [6.45, 7) is 9.13.